The van der Waals surface area contributed by atoms with Crippen LogP contribution in [0.5, 0.6) is 5.75 Å². The zero-order valence-electron chi connectivity index (χ0n) is 10.6. The SMILES string of the molecule is Cc1cc(Br)cc(CN)c1OCCOC(C)C. The number of hydrogen-bond donors (Lipinski definition) is 1. The van der Waals surface area contributed by atoms with Gasteiger partial charge in [-0.15, -0.1) is 0 Å². The second-order valence-electron chi connectivity index (χ2n) is 4.18. The minimum atomic E-state index is 0.235. The van der Waals surface area contributed by atoms with Crippen LogP contribution in [0.1, 0.15) is 25.0 Å². The number of ether oxygens (including phenoxy) is 2. The number of nitrogens with two attached hydrogens (primary N) is 1. The molecular weight excluding hydrogens is 282 g/mol. The molecule has 0 saturated heterocycles. The Hall–Kier alpha value is -0.580. The third-order valence-electron chi connectivity index (χ3n) is 2.32. The predicted octanol–water partition coefficient (Wildman–Crippen LogP) is 3.02. The smallest absolute Gasteiger partial charge is 0.126 e. The lowest BCUT2D eigenvalue weighted by molar-refractivity contribution is 0.0549. The van der Waals surface area contributed by atoms with Crippen LogP contribution in [0.2, 0.25) is 0 Å². The quantitative estimate of drug-likeness (QED) is 0.822. The number of halogens is 1. The fourth-order valence-electron chi connectivity index (χ4n) is 1.58. The number of rotatable bonds is 6. The van der Waals surface area contributed by atoms with E-state index in [1.54, 1.807) is 0 Å². The van der Waals surface area contributed by atoms with Crippen LogP contribution in [0.15, 0.2) is 16.6 Å². The third-order valence-corrected chi connectivity index (χ3v) is 2.77. The number of hydrogen-bond acceptors (Lipinski definition) is 3. The molecule has 1 rings (SSSR count). The lowest BCUT2D eigenvalue weighted by Gasteiger charge is -2.14. The van der Waals surface area contributed by atoms with E-state index in [2.05, 4.69) is 15.9 Å². The van der Waals surface area contributed by atoms with Gasteiger partial charge in [-0.3, -0.25) is 0 Å². The van der Waals surface area contributed by atoms with Crippen molar-refractivity contribution >= 4 is 15.9 Å². The van der Waals surface area contributed by atoms with Crippen LogP contribution in [-0.2, 0) is 11.3 Å². The zero-order valence-corrected chi connectivity index (χ0v) is 12.2. The van der Waals surface area contributed by atoms with Crippen molar-refractivity contribution in [3.05, 3.63) is 27.7 Å². The highest BCUT2D eigenvalue weighted by atomic mass is 79.9. The molecule has 0 spiro atoms. The molecule has 0 atom stereocenters. The molecule has 0 bridgehead atoms. The molecule has 0 aromatic heterocycles. The Morgan fingerprint density at radius 1 is 1.29 bits per heavy atom. The topological polar surface area (TPSA) is 44.5 Å². The molecule has 0 unspecified atom stereocenters. The molecule has 0 fully saturated rings. The first-order valence-electron chi connectivity index (χ1n) is 5.78. The van der Waals surface area contributed by atoms with Crippen molar-refractivity contribution in [2.75, 3.05) is 13.2 Å². The average Bonchev–Trinajstić information content (AvgIpc) is 2.25. The van der Waals surface area contributed by atoms with Gasteiger partial charge in [-0.2, -0.15) is 0 Å². The molecule has 0 aliphatic rings. The van der Waals surface area contributed by atoms with Gasteiger partial charge in [0.05, 0.1) is 12.7 Å². The fraction of sp³-hybridized carbons (Fsp3) is 0.538. The second-order valence-corrected chi connectivity index (χ2v) is 5.10. The van der Waals surface area contributed by atoms with Crippen molar-refractivity contribution in [1.29, 1.82) is 0 Å². The summed E-state index contributed by atoms with van der Waals surface area (Å²) in [6, 6.07) is 4.02. The van der Waals surface area contributed by atoms with Gasteiger partial charge in [-0.1, -0.05) is 15.9 Å². The fourth-order valence-corrected chi connectivity index (χ4v) is 2.20. The molecule has 0 saturated carbocycles. The molecule has 1 aromatic carbocycles. The van der Waals surface area contributed by atoms with Crippen LogP contribution in [0.25, 0.3) is 0 Å². The number of benzene rings is 1. The van der Waals surface area contributed by atoms with Crippen molar-refractivity contribution < 1.29 is 9.47 Å². The van der Waals surface area contributed by atoms with Crippen molar-refractivity contribution in [1.82, 2.24) is 0 Å². The molecule has 2 N–H and O–H groups in total. The molecule has 0 heterocycles. The molecular formula is C13H20BrNO2. The van der Waals surface area contributed by atoms with Gasteiger partial charge in [0.25, 0.3) is 0 Å². The summed E-state index contributed by atoms with van der Waals surface area (Å²) in [4.78, 5) is 0. The molecule has 3 nitrogen and oxygen atoms in total. The van der Waals surface area contributed by atoms with E-state index in [4.69, 9.17) is 15.2 Å². The summed E-state index contributed by atoms with van der Waals surface area (Å²) in [5.41, 5.74) is 7.81. The van der Waals surface area contributed by atoms with Crippen molar-refractivity contribution in [3.63, 3.8) is 0 Å². The first kappa shape index (κ1) is 14.5. The van der Waals surface area contributed by atoms with Crippen LogP contribution in [0, 0.1) is 6.92 Å². The Balaban J connectivity index is 2.63. The van der Waals surface area contributed by atoms with Gasteiger partial charge >= 0.3 is 0 Å². The van der Waals surface area contributed by atoms with Crippen LogP contribution >= 0.6 is 15.9 Å². The average molecular weight is 302 g/mol. The zero-order chi connectivity index (χ0) is 12.8. The van der Waals surface area contributed by atoms with Crippen LogP contribution < -0.4 is 10.5 Å². The second kappa shape index (κ2) is 6.99. The Bertz CT molecular complexity index is 367. The van der Waals surface area contributed by atoms with Gasteiger partial charge in [-0.25, -0.2) is 0 Å². The van der Waals surface area contributed by atoms with Crippen LogP contribution in [0.3, 0.4) is 0 Å². The summed E-state index contributed by atoms with van der Waals surface area (Å²) in [7, 11) is 0. The molecule has 0 radical (unpaired) electrons. The van der Waals surface area contributed by atoms with Gasteiger partial charge in [0.1, 0.15) is 12.4 Å². The Morgan fingerprint density at radius 3 is 2.59 bits per heavy atom. The van der Waals surface area contributed by atoms with E-state index in [1.807, 2.05) is 32.9 Å². The highest BCUT2D eigenvalue weighted by Crippen LogP contribution is 2.27. The van der Waals surface area contributed by atoms with E-state index >= 15 is 0 Å². The first-order valence-corrected chi connectivity index (χ1v) is 6.57. The van der Waals surface area contributed by atoms with E-state index < -0.39 is 0 Å². The Kier molecular flexibility index (Phi) is 5.95. The summed E-state index contributed by atoms with van der Waals surface area (Å²) in [5.74, 6) is 0.878. The van der Waals surface area contributed by atoms with Gasteiger partial charge in [0, 0.05) is 16.6 Å². The van der Waals surface area contributed by atoms with Crippen LogP contribution in [0.4, 0.5) is 0 Å². The van der Waals surface area contributed by atoms with Crippen molar-refractivity contribution in [2.24, 2.45) is 5.73 Å². The summed E-state index contributed by atoms with van der Waals surface area (Å²) in [6.07, 6.45) is 0.235. The lowest BCUT2D eigenvalue weighted by Crippen LogP contribution is -2.13. The highest BCUT2D eigenvalue weighted by Gasteiger charge is 2.07. The summed E-state index contributed by atoms with van der Waals surface area (Å²) < 4.78 is 12.2. The Morgan fingerprint density at radius 2 is 2.00 bits per heavy atom. The third kappa shape index (κ3) is 4.66. The lowest BCUT2D eigenvalue weighted by atomic mass is 10.1. The maximum atomic E-state index is 5.74. The maximum absolute atomic E-state index is 5.74. The number of aryl methyl sites for hydroxylation is 1. The van der Waals surface area contributed by atoms with E-state index in [1.165, 1.54) is 0 Å². The first-order chi connectivity index (χ1) is 8.04. The van der Waals surface area contributed by atoms with Gasteiger partial charge in [0.2, 0.25) is 0 Å². The normalized spacial score (nSPS) is 10.9. The van der Waals surface area contributed by atoms with E-state index in [0.29, 0.717) is 19.8 Å². The van der Waals surface area contributed by atoms with E-state index in [0.717, 1.165) is 21.3 Å². The molecule has 96 valence electrons. The van der Waals surface area contributed by atoms with Gasteiger partial charge in [-0.05, 0) is 38.5 Å². The molecule has 0 aliphatic heterocycles. The van der Waals surface area contributed by atoms with Crippen molar-refractivity contribution in [2.45, 2.75) is 33.4 Å². The monoisotopic (exact) mass is 301 g/mol. The minimum Gasteiger partial charge on any atom is -0.491 e. The highest BCUT2D eigenvalue weighted by molar-refractivity contribution is 9.10. The van der Waals surface area contributed by atoms with Gasteiger partial charge in [0.15, 0.2) is 0 Å². The summed E-state index contributed by atoms with van der Waals surface area (Å²) >= 11 is 3.45. The van der Waals surface area contributed by atoms with Gasteiger partial charge < -0.3 is 15.2 Å². The maximum Gasteiger partial charge on any atom is 0.126 e. The predicted molar refractivity (Wildman–Crippen MR) is 73.4 cm³/mol. The van der Waals surface area contributed by atoms with Crippen LogP contribution in [-0.4, -0.2) is 19.3 Å². The summed E-state index contributed by atoms with van der Waals surface area (Å²) in [6.45, 7) is 7.65. The van der Waals surface area contributed by atoms with E-state index in [-0.39, 0.29) is 6.10 Å². The standard InChI is InChI=1S/C13H20BrNO2/c1-9(2)16-4-5-17-13-10(3)6-12(14)7-11(13)8-15/h6-7,9H,4-5,8,15H2,1-3H3. The molecule has 4 heteroatoms. The van der Waals surface area contributed by atoms with E-state index in [9.17, 15) is 0 Å². The molecule has 1 aromatic rings. The molecule has 0 aliphatic carbocycles. The Labute approximate surface area is 111 Å². The molecule has 0 amide bonds. The largest absolute Gasteiger partial charge is 0.491 e. The summed E-state index contributed by atoms with van der Waals surface area (Å²) in [5, 5.41) is 0. The molecule has 17 heavy (non-hydrogen) atoms. The van der Waals surface area contributed by atoms with Crippen molar-refractivity contribution in [3.8, 4) is 5.75 Å². The minimum absolute atomic E-state index is 0.235.